The molecule has 0 spiro atoms. The van der Waals surface area contributed by atoms with Gasteiger partial charge in [-0.15, -0.1) is 12.4 Å². The lowest BCUT2D eigenvalue weighted by Gasteiger charge is -2.34. The van der Waals surface area contributed by atoms with E-state index in [1.165, 1.54) is 0 Å². The molecular weight excluding hydrogens is 369 g/mol. The average Bonchev–Trinajstić information content (AvgIpc) is 2.58. The number of amides is 1. The molecule has 1 heterocycles. The molecule has 26 heavy (non-hydrogen) atoms. The molecule has 1 aromatic rings. The number of Topliss-reactive ketones (excluding diaryl/α,β-unsaturated/α-hetero) is 1. The Labute approximate surface area is 157 Å². The lowest BCUT2D eigenvalue weighted by molar-refractivity contribution is -0.135. The monoisotopic (exact) mass is 392 g/mol. The van der Waals surface area contributed by atoms with E-state index in [-0.39, 0.29) is 24.2 Å². The second-order valence-electron chi connectivity index (χ2n) is 6.62. The fraction of sp³-hybridized carbons (Fsp3) is 0.556. The molecule has 0 aromatic heterocycles. The Balaban J connectivity index is 0.00000338. The van der Waals surface area contributed by atoms with Crippen molar-refractivity contribution >= 4 is 24.1 Å². The van der Waals surface area contributed by atoms with E-state index in [1.807, 2.05) is 13.8 Å². The number of rotatable bonds is 5. The van der Waals surface area contributed by atoms with Crippen molar-refractivity contribution in [2.24, 2.45) is 17.6 Å². The van der Waals surface area contributed by atoms with Crippen molar-refractivity contribution in [3.05, 3.63) is 35.1 Å². The highest BCUT2D eigenvalue weighted by molar-refractivity contribution is 5.98. The number of piperidine rings is 1. The van der Waals surface area contributed by atoms with E-state index >= 15 is 0 Å². The Bertz CT molecular complexity index is 641. The maximum atomic E-state index is 13.8. The fourth-order valence-electron chi connectivity index (χ4n) is 3.05. The van der Waals surface area contributed by atoms with Gasteiger partial charge in [-0.2, -0.15) is 0 Å². The SMILES string of the molecule is CCC(C)C(N)C(=O)N1CCC(C(=O)c2c(F)cc(F)cc2F)CC1.Cl. The number of nitrogens with two attached hydrogens (primary N) is 1. The summed E-state index contributed by atoms with van der Waals surface area (Å²) in [7, 11) is 0. The Morgan fingerprint density at radius 3 is 2.15 bits per heavy atom. The summed E-state index contributed by atoms with van der Waals surface area (Å²) in [6.45, 7) is 4.47. The van der Waals surface area contributed by atoms with Gasteiger partial charge in [-0.1, -0.05) is 20.3 Å². The summed E-state index contributed by atoms with van der Waals surface area (Å²) in [5.41, 5.74) is 5.24. The van der Waals surface area contributed by atoms with E-state index in [0.29, 0.717) is 38.1 Å². The van der Waals surface area contributed by atoms with Crippen LogP contribution < -0.4 is 5.73 Å². The fourth-order valence-corrected chi connectivity index (χ4v) is 3.05. The molecule has 1 amide bonds. The van der Waals surface area contributed by atoms with Crippen molar-refractivity contribution in [1.29, 1.82) is 0 Å². The number of carbonyl (C=O) groups is 2. The molecule has 2 rings (SSSR count). The lowest BCUT2D eigenvalue weighted by atomic mass is 9.87. The van der Waals surface area contributed by atoms with E-state index < -0.39 is 40.8 Å². The summed E-state index contributed by atoms with van der Waals surface area (Å²) in [4.78, 5) is 26.3. The number of hydrogen-bond acceptors (Lipinski definition) is 3. The van der Waals surface area contributed by atoms with Gasteiger partial charge in [0.05, 0.1) is 11.6 Å². The van der Waals surface area contributed by atoms with E-state index in [4.69, 9.17) is 5.73 Å². The van der Waals surface area contributed by atoms with Gasteiger partial charge in [0.25, 0.3) is 0 Å². The standard InChI is InChI=1S/C18H23F3N2O2.ClH/c1-3-10(2)16(22)18(25)23-6-4-11(5-7-23)17(24)15-13(20)8-12(19)9-14(15)21;/h8-11,16H,3-7,22H2,1-2H3;1H. The van der Waals surface area contributed by atoms with Gasteiger partial charge in [0, 0.05) is 31.1 Å². The van der Waals surface area contributed by atoms with Crippen LogP contribution in [0.1, 0.15) is 43.5 Å². The zero-order chi connectivity index (χ0) is 18.7. The molecule has 0 aliphatic carbocycles. The molecule has 8 heteroatoms. The highest BCUT2D eigenvalue weighted by atomic mass is 35.5. The van der Waals surface area contributed by atoms with Crippen molar-refractivity contribution in [1.82, 2.24) is 4.90 Å². The van der Waals surface area contributed by atoms with Crippen LogP contribution in [0.15, 0.2) is 12.1 Å². The zero-order valence-corrected chi connectivity index (χ0v) is 15.6. The van der Waals surface area contributed by atoms with Gasteiger partial charge in [0.1, 0.15) is 17.5 Å². The number of halogens is 4. The highest BCUT2D eigenvalue weighted by Gasteiger charge is 2.33. The van der Waals surface area contributed by atoms with Crippen LogP contribution in [0.5, 0.6) is 0 Å². The van der Waals surface area contributed by atoms with Crippen molar-refractivity contribution in [3.8, 4) is 0 Å². The quantitative estimate of drug-likeness (QED) is 0.782. The first-order chi connectivity index (χ1) is 11.8. The highest BCUT2D eigenvalue weighted by Crippen LogP contribution is 2.26. The molecule has 1 aliphatic heterocycles. The zero-order valence-electron chi connectivity index (χ0n) is 14.8. The number of likely N-dealkylation sites (tertiary alicyclic amines) is 1. The second kappa shape index (κ2) is 9.37. The third kappa shape index (κ3) is 4.76. The molecule has 4 nitrogen and oxygen atoms in total. The van der Waals surface area contributed by atoms with Gasteiger partial charge in [-0.25, -0.2) is 13.2 Å². The minimum Gasteiger partial charge on any atom is -0.341 e. The molecule has 1 aliphatic rings. The lowest BCUT2D eigenvalue weighted by Crippen LogP contribution is -2.50. The first-order valence-corrected chi connectivity index (χ1v) is 8.49. The van der Waals surface area contributed by atoms with Gasteiger partial charge < -0.3 is 10.6 Å². The Kier molecular flexibility index (Phi) is 8.09. The molecule has 0 radical (unpaired) electrons. The Morgan fingerprint density at radius 1 is 1.19 bits per heavy atom. The largest absolute Gasteiger partial charge is 0.341 e. The minimum atomic E-state index is -1.19. The predicted octanol–water partition coefficient (Wildman–Crippen LogP) is 3.32. The van der Waals surface area contributed by atoms with Crippen LogP contribution in [-0.2, 0) is 4.79 Å². The van der Waals surface area contributed by atoms with Gasteiger partial charge in [0.15, 0.2) is 5.78 Å². The molecule has 2 atom stereocenters. The first kappa shape index (κ1) is 22.4. The summed E-state index contributed by atoms with van der Waals surface area (Å²) < 4.78 is 40.5. The van der Waals surface area contributed by atoms with E-state index in [1.54, 1.807) is 4.90 Å². The molecule has 0 bridgehead atoms. The predicted molar refractivity (Wildman–Crippen MR) is 94.6 cm³/mol. The van der Waals surface area contributed by atoms with E-state index in [9.17, 15) is 22.8 Å². The molecule has 2 N–H and O–H groups in total. The van der Waals surface area contributed by atoms with Gasteiger partial charge in [-0.05, 0) is 18.8 Å². The molecule has 2 unspecified atom stereocenters. The number of benzene rings is 1. The third-order valence-electron chi connectivity index (χ3n) is 4.97. The van der Waals surface area contributed by atoms with Crippen LogP contribution in [0, 0.1) is 29.3 Å². The number of nitrogens with zero attached hydrogens (tertiary/aromatic N) is 1. The summed E-state index contributed by atoms with van der Waals surface area (Å²) in [5, 5.41) is 0. The molecule has 1 aromatic carbocycles. The smallest absolute Gasteiger partial charge is 0.239 e. The number of carbonyl (C=O) groups excluding carboxylic acids is 2. The van der Waals surface area contributed by atoms with Crippen molar-refractivity contribution in [2.75, 3.05) is 13.1 Å². The van der Waals surface area contributed by atoms with Crippen LogP contribution in [0.25, 0.3) is 0 Å². The van der Waals surface area contributed by atoms with Crippen LogP contribution in [-0.4, -0.2) is 35.7 Å². The van der Waals surface area contributed by atoms with E-state index in [2.05, 4.69) is 0 Å². The minimum absolute atomic E-state index is 0. The number of hydrogen-bond donors (Lipinski definition) is 1. The van der Waals surface area contributed by atoms with E-state index in [0.717, 1.165) is 6.42 Å². The average molecular weight is 393 g/mol. The maximum absolute atomic E-state index is 13.8. The van der Waals surface area contributed by atoms with Gasteiger partial charge in [-0.3, -0.25) is 9.59 Å². The summed E-state index contributed by atoms with van der Waals surface area (Å²) in [6.07, 6.45) is 1.38. The molecular formula is C18H24ClF3N2O2. The molecule has 1 fully saturated rings. The first-order valence-electron chi connectivity index (χ1n) is 8.49. The normalized spacial score (nSPS) is 17.4. The van der Waals surface area contributed by atoms with Crippen molar-refractivity contribution < 1.29 is 22.8 Å². The molecule has 146 valence electrons. The topological polar surface area (TPSA) is 63.4 Å². The summed E-state index contributed by atoms with van der Waals surface area (Å²) in [6, 6.07) is 0.407. The summed E-state index contributed by atoms with van der Waals surface area (Å²) in [5.74, 6) is -4.86. The molecule has 1 saturated heterocycles. The van der Waals surface area contributed by atoms with Crippen LogP contribution >= 0.6 is 12.4 Å². The second-order valence-corrected chi connectivity index (χ2v) is 6.62. The van der Waals surface area contributed by atoms with Crippen LogP contribution in [0.4, 0.5) is 13.2 Å². The number of ketones is 1. The maximum Gasteiger partial charge on any atom is 0.239 e. The van der Waals surface area contributed by atoms with Crippen LogP contribution in [0.3, 0.4) is 0 Å². The third-order valence-corrected chi connectivity index (χ3v) is 4.97. The molecule has 0 saturated carbocycles. The van der Waals surface area contributed by atoms with Crippen molar-refractivity contribution in [3.63, 3.8) is 0 Å². The summed E-state index contributed by atoms with van der Waals surface area (Å²) >= 11 is 0. The van der Waals surface area contributed by atoms with Gasteiger partial charge >= 0.3 is 0 Å². The van der Waals surface area contributed by atoms with Gasteiger partial charge in [0.2, 0.25) is 5.91 Å². The Morgan fingerprint density at radius 2 is 1.69 bits per heavy atom. The van der Waals surface area contributed by atoms with Crippen molar-refractivity contribution in [2.45, 2.75) is 39.2 Å². The Hall–Kier alpha value is -1.60. The van der Waals surface area contributed by atoms with Crippen LogP contribution in [0.2, 0.25) is 0 Å².